The number of sulfonamides is 1. The number of hydrogen-bond acceptors (Lipinski definition) is 5. The Morgan fingerprint density at radius 2 is 1.81 bits per heavy atom. The number of aliphatic imine (C=N–C) groups is 1. The first-order valence-corrected chi connectivity index (χ1v) is 11.9. The Kier molecular flexibility index (Phi) is 4.98. The molecule has 0 aromatic heterocycles. The number of ketones is 1. The van der Waals surface area contributed by atoms with Crippen molar-refractivity contribution in [2.45, 2.75) is 23.7 Å². The van der Waals surface area contributed by atoms with Crippen molar-refractivity contribution in [2.24, 2.45) is 10.9 Å². The van der Waals surface area contributed by atoms with Crippen LogP contribution >= 0.6 is 0 Å². The molecule has 31 heavy (non-hydrogen) atoms. The highest BCUT2D eigenvalue weighted by molar-refractivity contribution is 7.90. The average molecular weight is 434 g/mol. The molecule has 1 aliphatic carbocycles. The van der Waals surface area contributed by atoms with Crippen LogP contribution in [0.1, 0.15) is 23.5 Å². The van der Waals surface area contributed by atoms with Gasteiger partial charge in [-0.3, -0.25) is 9.79 Å². The summed E-state index contributed by atoms with van der Waals surface area (Å²) in [6.07, 6.45) is 1.25. The number of guanidine groups is 1. The molecule has 1 aliphatic heterocycles. The molecule has 5 rings (SSSR count). The van der Waals surface area contributed by atoms with Gasteiger partial charge in [0, 0.05) is 18.9 Å². The third-order valence-corrected chi connectivity index (χ3v) is 7.27. The van der Waals surface area contributed by atoms with Gasteiger partial charge in [0.25, 0.3) is 10.0 Å². The highest BCUT2D eigenvalue weighted by Crippen LogP contribution is 2.48. The van der Waals surface area contributed by atoms with E-state index in [4.69, 9.17) is 0 Å². The van der Waals surface area contributed by atoms with Gasteiger partial charge in [-0.15, -0.1) is 0 Å². The maximum atomic E-state index is 12.8. The molecular weight excluding hydrogens is 410 g/mol. The predicted molar refractivity (Wildman–Crippen MR) is 121 cm³/mol. The van der Waals surface area contributed by atoms with Crippen LogP contribution in [0.2, 0.25) is 0 Å². The standard InChI is InChI=1S/C24H23N3O3S/c28-23(14-16-5-6-17-3-1-2-4-19(17)13-16)22-15-21(22)18-7-9-20(10-8-18)31(29,30)27-24-25-11-12-26-24/h1-10,13,21-22H,11-12,14-15H2,(H2,25,26,27)/t21-,22+/m0/s1. The lowest BCUT2D eigenvalue weighted by atomic mass is 10.00. The van der Waals surface area contributed by atoms with Gasteiger partial charge < -0.3 is 5.32 Å². The van der Waals surface area contributed by atoms with Crippen molar-refractivity contribution in [3.8, 4) is 0 Å². The number of hydrogen-bond donors (Lipinski definition) is 2. The topological polar surface area (TPSA) is 87.6 Å². The second-order valence-corrected chi connectivity index (χ2v) is 9.79. The van der Waals surface area contributed by atoms with E-state index in [9.17, 15) is 13.2 Å². The lowest BCUT2D eigenvalue weighted by molar-refractivity contribution is -0.119. The molecular formula is C24H23N3O3S. The Balaban J connectivity index is 1.23. The lowest BCUT2D eigenvalue weighted by Gasteiger charge is -2.09. The van der Waals surface area contributed by atoms with Gasteiger partial charge in [0.2, 0.25) is 5.96 Å². The van der Waals surface area contributed by atoms with Gasteiger partial charge >= 0.3 is 0 Å². The monoisotopic (exact) mass is 433 g/mol. The average Bonchev–Trinajstić information content (AvgIpc) is 3.43. The summed E-state index contributed by atoms with van der Waals surface area (Å²) in [7, 11) is -3.66. The van der Waals surface area contributed by atoms with E-state index >= 15 is 0 Å². The van der Waals surface area contributed by atoms with Crippen LogP contribution in [0.5, 0.6) is 0 Å². The molecule has 158 valence electrons. The van der Waals surface area contributed by atoms with Gasteiger partial charge in [0.05, 0.1) is 11.4 Å². The molecule has 1 fully saturated rings. The zero-order chi connectivity index (χ0) is 21.4. The summed E-state index contributed by atoms with van der Waals surface area (Å²) in [5, 5.41) is 5.20. The summed E-state index contributed by atoms with van der Waals surface area (Å²) >= 11 is 0. The number of Topliss-reactive ketones (excluding diaryl/α,β-unsaturated/α-hetero) is 1. The summed E-state index contributed by atoms with van der Waals surface area (Å²) in [5.74, 6) is 0.692. The maximum Gasteiger partial charge on any atom is 0.264 e. The molecule has 1 heterocycles. The van der Waals surface area contributed by atoms with Crippen molar-refractivity contribution in [1.29, 1.82) is 0 Å². The first kappa shape index (κ1) is 19.8. The first-order valence-electron chi connectivity index (χ1n) is 10.4. The highest BCUT2D eigenvalue weighted by Gasteiger charge is 2.43. The Morgan fingerprint density at radius 1 is 1.03 bits per heavy atom. The molecule has 0 saturated heterocycles. The van der Waals surface area contributed by atoms with E-state index in [-0.39, 0.29) is 28.5 Å². The van der Waals surface area contributed by atoms with Crippen LogP contribution in [-0.2, 0) is 21.2 Å². The number of rotatable bonds is 6. The van der Waals surface area contributed by atoms with Crippen molar-refractivity contribution in [1.82, 2.24) is 10.0 Å². The summed E-state index contributed by atoms with van der Waals surface area (Å²) in [4.78, 5) is 17.0. The van der Waals surface area contributed by atoms with E-state index in [1.807, 2.05) is 30.3 Å². The van der Waals surface area contributed by atoms with Gasteiger partial charge in [0.15, 0.2) is 0 Å². The van der Waals surface area contributed by atoms with Gasteiger partial charge in [-0.1, -0.05) is 54.6 Å². The molecule has 0 spiro atoms. The Bertz CT molecular complexity index is 1280. The summed E-state index contributed by atoms with van der Waals surface area (Å²) in [6, 6.07) is 21.1. The van der Waals surface area contributed by atoms with E-state index in [1.165, 1.54) is 5.39 Å². The lowest BCUT2D eigenvalue weighted by Crippen LogP contribution is -2.38. The second kappa shape index (κ2) is 7.81. The quantitative estimate of drug-likeness (QED) is 0.626. The number of fused-ring (bicyclic) bond motifs is 1. The van der Waals surface area contributed by atoms with Crippen LogP contribution in [-0.4, -0.2) is 33.3 Å². The van der Waals surface area contributed by atoms with Gasteiger partial charge in [-0.25, -0.2) is 13.1 Å². The Morgan fingerprint density at radius 3 is 2.55 bits per heavy atom. The molecule has 1 saturated carbocycles. The van der Waals surface area contributed by atoms with Crippen LogP contribution in [0.3, 0.4) is 0 Å². The van der Waals surface area contributed by atoms with Gasteiger partial charge in [-0.05, 0) is 46.4 Å². The molecule has 2 atom stereocenters. The van der Waals surface area contributed by atoms with E-state index in [1.54, 1.807) is 12.1 Å². The molecule has 0 unspecified atom stereocenters. The van der Waals surface area contributed by atoms with Crippen molar-refractivity contribution in [3.05, 3.63) is 77.9 Å². The zero-order valence-corrected chi connectivity index (χ0v) is 17.7. The van der Waals surface area contributed by atoms with Crippen molar-refractivity contribution in [2.75, 3.05) is 13.1 Å². The van der Waals surface area contributed by atoms with Gasteiger partial charge in [0.1, 0.15) is 5.78 Å². The fourth-order valence-electron chi connectivity index (χ4n) is 4.15. The summed E-state index contributed by atoms with van der Waals surface area (Å²) in [5.41, 5.74) is 2.04. The van der Waals surface area contributed by atoms with Crippen molar-refractivity contribution < 1.29 is 13.2 Å². The van der Waals surface area contributed by atoms with E-state index in [2.05, 4.69) is 39.3 Å². The second-order valence-electron chi connectivity index (χ2n) is 8.10. The minimum absolute atomic E-state index is 0.00379. The zero-order valence-electron chi connectivity index (χ0n) is 16.9. The Labute approximate surface area is 181 Å². The molecule has 0 radical (unpaired) electrons. The fraction of sp³-hybridized carbons (Fsp3) is 0.250. The Hall–Kier alpha value is -3.19. The molecule has 3 aromatic carbocycles. The SMILES string of the molecule is O=C(Cc1ccc2ccccc2c1)[C@@H]1C[C@H]1c1ccc(S(=O)(=O)NC2=NCCN2)cc1. The molecule has 6 nitrogen and oxygen atoms in total. The number of nitrogens with zero attached hydrogens (tertiary/aromatic N) is 1. The minimum atomic E-state index is -3.66. The third-order valence-electron chi connectivity index (χ3n) is 5.92. The largest absolute Gasteiger partial charge is 0.354 e. The maximum absolute atomic E-state index is 12.8. The van der Waals surface area contributed by atoms with Crippen molar-refractivity contribution in [3.63, 3.8) is 0 Å². The van der Waals surface area contributed by atoms with Crippen LogP contribution in [0.15, 0.2) is 76.6 Å². The van der Waals surface area contributed by atoms with Crippen LogP contribution in [0.25, 0.3) is 10.8 Å². The van der Waals surface area contributed by atoms with Crippen LogP contribution in [0.4, 0.5) is 0 Å². The number of carbonyl (C=O) groups is 1. The highest BCUT2D eigenvalue weighted by atomic mass is 32.2. The normalized spacial score (nSPS) is 20.2. The molecule has 7 heteroatoms. The third kappa shape index (κ3) is 4.18. The fourth-order valence-corrected chi connectivity index (χ4v) is 5.15. The van der Waals surface area contributed by atoms with E-state index in [0.29, 0.717) is 19.5 Å². The summed E-state index contributed by atoms with van der Waals surface area (Å²) in [6.45, 7) is 1.19. The van der Waals surface area contributed by atoms with Crippen LogP contribution in [0, 0.1) is 5.92 Å². The first-order chi connectivity index (χ1) is 15.0. The number of carbonyl (C=O) groups excluding carboxylic acids is 1. The number of nitrogens with one attached hydrogen (secondary N) is 2. The van der Waals surface area contributed by atoms with Crippen LogP contribution < -0.4 is 10.0 Å². The molecule has 2 N–H and O–H groups in total. The molecule has 0 amide bonds. The molecule has 0 bridgehead atoms. The molecule has 3 aromatic rings. The minimum Gasteiger partial charge on any atom is -0.354 e. The number of benzene rings is 3. The smallest absolute Gasteiger partial charge is 0.264 e. The van der Waals surface area contributed by atoms with E-state index < -0.39 is 10.0 Å². The van der Waals surface area contributed by atoms with Crippen molar-refractivity contribution >= 4 is 32.5 Å². The predicted octanol–water partition coefficient (Wildman–Crippen LogP) is 2.99. The van der Waals surface area contributed by atoms with E-state index in [0.717, 1.165) is 22.9 Å². The summed E-state index contributed by atoms with van der Waals surface area (Å²) < 4.78 is 27.4. The van der Waals surface area contributed by atoms with Gasteiger partial charge in [-0.2, -0.15) is 0 Å². The molecule has 2 aliphatic rings.